The Balaban J connectivity index is 1.72. The Labute approximate surface area is 204 Å². The second-order valence-electron chi connectivity index (χ2n) is 7.62. The van der Waals surface area contributed by atoms with Gasteiger partial charge in [0.05, 0.1) is 30.9 Å². The van der Waals surface area contributed by atoms with Crippen LogP contribution in [-0.2, 0) is 25.6 Å². The first kappa shape index (κ1) is 25.2. The number of nitrogens with zero attached hydrogens (tertiary/aromatic N) is 1. The number of hydrogen-bond donors (Lipinski definition) is 1. The zero-order valence-corrected chi connectivity index (χ0v) is 20.4. The molecule has 1 atom stereocenters. The molecular weight excluding hydrogens is 456 g/mol. The molecule has 8 nitrogen and oxygen atoms in total. The first-order chi connectivity index (χ1) is 16.3. The molecule has 2 aromatic carbocycles. The van der Waals surface area contributed by atoms with Crippen molar-refractivity contribution in [2.24, 2.45) is 0 Å². The number of nitrogens with one attached hydrogen (secondary N) is 1. The predicted molar refractivity (Wildman–Crippen MR) is 130 cm³/mol. The Hall–Kier alpha value is -3.43. The maximum absolute atomic E-state index is 12.8. The number of carbonyl (C=O) groups excluding carboxylic acids is 2. The molecule has 0 spiro atoms. The molecule has 1 heterocycles. The highest BCUT2D eigenvalue weighted by molar-refractivity contribution is 7.80. The fourth-order valence-electron chi connectivity index (χ4n) is 3.42. The molecule has 0 fully saturated rings. The maximum atomic E-state index is 12.8. The van der Waals surface area contributed by atoms with Gasteiger partial charge in [0, 0.05) is 19.9 Å². The van der Waals surface area contributed by atoms with E-state index in [9.17, 15) is 9.59 Å². The van der Waals surface area contributed by atoms with Gasteiger partial charge in [-0.15, -0.1) is 0 Å². The Kier molecular flexibility index (Phi) is 8.61. The average molecular weight is 485 g/mol. The van der Waals surface area contributed by atoms with Crippen LogP contribution in [-0.4, -0.2) is 56.4 Å². The fraction of sp³-hybridized carbons (Fsp3) is 0.320. The number of allylic oxidation sites excluding steroid dienone is 1. The van der Waals surface area contributed by atoms with Crippen molar-refractivity contribution >= 4 is 29.3 Å². The minimum atomic E-state index is -0.446. The molecule has 3 rings (SSSR count). The molecule has 1 N–H and O–H groups in total. The summed E-state index contributed by atoms with van der Waals surface area (Å²) in [5.41, 5.74) is 3.47. The summed E-state index contributed by atoms with van der Waals surface area (Å²) < 4.78 is 20.9. The number of hydrogen-bond acceptors (Lipinski definition) is 7. The third-order valence-corrected chi connectivity index (χ3v) is 5.88. The minimum Gasteiger partial charge on any atom is -0.489 e. The lowest BCUT2D eigenvalue weighted by Crippen LogP contribution is -2.46. The molecule has 0 saturated heterocycles. The van der Waals surface area contributed by atoms with Crippen LogP contribution in [0, 0.1) is 0 Å². The molecule has 9 heteroatoms. The van der Waals surface area contributed by atoms with Crippen LogP contribution in [0.4, 0.5) is 0 Å². The number of benzene rings is 2. The molecule has 1 unspecified atom stereocenters. The molecule has 2 aromatic rings. The van der Waals surface area contributed by atoms with E-state index in [0.717, 1.165) is 16.8 Å². The van der Waals surface area contributed by atoms with Gasteiger partial charge in [-0.1, -0.05) is 24.3 Å². The molecule has 1 aliphatic rings. The third kappa shape index (κ3) is 5.92. The van der Waals surface area contributed by atoms with Gasteiger partial charge in [0.15, 0.2) is 5.11 Å². The van der Waals surface area contributed by atoms with E-state index in [0.29, 0.717) is 35.2 Å². The van der Waals surface area contributed by atoms with Crippen molar-refractivity contribution in [1.29, 1.82) is 0 Å². The largest absolute Gasteiger partial charge is 0.489 e. The number of rotatable bonds is 9. The van der Waals surface area contributed by atoms with Crippen LogP contribution >= 0.6 is 12.2 Å². The van der Waals surface area contributed by atoms with Crippen LogP contribution in [0.3, 0.4) is 0 Å². The van der Waals surface area contributed by atoms with Gasteiger partial charge in [-0.2, -0.15) is 0 Å². The standard InChI is InChI=1S/C25H28N2O6S/c1-16-21(24(29)32-14-13-30-3)22(26-25(34)27(16)2)18-9-11-20(12-10-18)33-15-17-5-7-19(8-6-17)23(28)31-4/h5-12,22H,13-15H2,1-4H3,(H,26,34). The number of carbonyl (C=O) groups is 2. The van der Waals surface area contributed by atoms with Crippen molar-refractivity contribution in [3.63, 3.8) is 0 Å². The summed E-state index contributed by atoms with van der Waals surface area (Å²) in [5.74, 6) is -0.130. The monoisotopic (exact) mass is 484 g/mol. The normalized spacial score (nSPS) is 15.6. The smallest absolute Gasteiger partial charge is 0.338 e. The molecule has 0 aliphatic carbocycles. The van der Waals surface area contributed by atoms with Gasteiger partial charge in [0.2, 0.25) is 0 Å². The van der Waals surface area contributed by atoms with Crippen molar-refractivity contribution in [2.75, 3.05) is 34.5 Å². The van der Waals surface area contributed by atoms with E-state index in [-0.39, 0.29) is 12.6 Å². The van der Waals surface area contributed by atoms with Crippen LogP contribution < -0.4 is 10.1 Å². The van der Waals surface area contributed by atoms with Crippen LogP contribution in [0.25, 0.3) is 0 Å². The van der Waals surface area contributed by atoms with E-state index in [1.54, 1.807) is 31.2 Å². The van der Waals surface area contributed by atoms with E-state index in [4.69, 9.17) is 31.2 Å². The SMILES string of the molecule is COCCOC(=O)C1=C(C)N(C)C(=S)NC1c1ccc(OCc2ccc(C(=O)OC)cc2)cc1. The molecule has 34 heavy (non-hydrogen) atoms. The van der Waals surface area contributed by atoms with E-state index < -0.39 is 12.0 Å². The van der Waals surface area contributed by atoms with E-state index in [2.05, 4.69) is 5.32 Å². The zero-order chi connectivity index (χ0) is 24.7. The van der Waals surface area contributed by atoms with E-state index >= 15 is 0 Å². The molecular formula is C25H28N2O6S. The summed E-state index contributed by atoms with van der Waals surface area (Å²) in [6, 6.07) is 14.0. The van der Waals surface area contributed by atoms with Gasteiger partial charge in [0.1, 0.15) is 19.0 Å². The van der Waals surface area contributed by atoms with E-state index in [1.165, 1.54) is 7.11 Å². The fourth-order valence-corrected chi connectivity index (χ4v) is 3.68. The lowest BCUT2D eigenvalue weighted by molar-refractivity contribution is -0.140. The molecule has 0 amide bonds. The molecule has 0 bridgehead atoms. The van der Waals surface area contributed by atoms with Gasteiger partial charge in [-0.05, 0) is 54.5 Å². The van der Waals surface area contributed by atoms with Gasteiger partial charge in [-0.25, -0.2) is 9.59 Å². The van der Waals surface area contributed by atoms with Gasteiger partial charge in [0.25, 0.3) is 0 Å². The zero-order valence-electron chi connectivity index (χ0n) is 19.6. The summed E-state index contributed by atoms with van der Waals surface area (Å²) in [7, 11) is 4.70. The van der Waals surface area contributed by atoms with Crippen LogP contribution in [0.2, 0.25) is 0 Å². The Bertz CT molecular complexity index is 1070. The highest BCUT2D eigenvalue weighted by Gasteiger charge is 2.33. The van der Waals surface area contributed by atoms with Crippen LogP contribution in [0.5, 0.6) is 5.75 Å². The molecule has 0 aromatic heterocycles. The van der Waals surface area contributed by atoms with Gasteiger partial charge in [-0.3, -0.25) is 0 Å². The van der Waals surface area contributed by atoms with Gasteiger partial charge < -0.3 is 29.2 Å². The number of ether oxygens (including phenoxy) is 4. The third-order valence-electron chi connectivity index (χ3n) is 5.49. The number of methoxy groups -OCH3 is 2. The minimum absolute atomic E-state index is 0.167. The molecule has 180 valence electrons. The first-order valence-electron chi connectivity index (χ1n) is 10.7. The lowest BCUT2D eigenvalue weighted by atomic mass is 9.95. The van der Waals surface area contributed by atoms with Crippen molar-refractivity contribution in [2.45, 2.75) is 19.6 Å². The molecule has 0 saturated carbocycles. The highest BCUT2D eigenvalue weighted by atomic mass is 32.1. The summed E-state index contributed by atoms with van der Waals surface area (Å²) in [5, 5.41) is 3.74. The average Bonchev–Trinajstić information content (AvgIpc) is 2.86. The summed E-state index contributed by atoms with van der Waals surface area (Å²) in [4.78, 5) is 26.1. The van der Waals surface area contributed by atoms with Gasteiger partial charge >= 0.3 is 11.9 Å². The molecule has 0 radical (unpaired) electrons. The summed E-state index contributed by atoms with van der Waals surface area (Å²) >= 11 is 5.44. The van der Waals surface area contributed by atoms with Crippen molar-refractivity contribution in [1.82, 2.24) is 10.2 Å². The number of thiocarbonyl (C=S) groups is 1. The maximum Gasteiger partial charge on any atom is 0.338 e. The Morgan fingerprint density at radius 1 is 1.00 bits per heavy atom. The molecule has 1 aliphatic heterocycles. The van der Waals surface area contributed by atoms with Crippen LogP contribution in [0.15, 0.2) is 59.8 Å². The van der Waals surface area contributed by atoms with Crippen molar-refractivity contribution in [3.8, 4) is 5.75 Å². The quantitative estimate of drug-likeness (QED) is 0.327. The Morgan fingerprint density at radius 3 is 2.29 bits per heavy atom. The van der Waals surface area contributed by atoms with Crippen molar-refractivity contribution < 1.29 is 28.5 Å². The highest BCUT2D eigenvalue weighted by Crippen LogP contribution is 2.31. The summed E-state index contributed by atoms with van der Waals surface area (Å²) in [6.07, 6.45) is 0. The van der Waals surface area contributed by atoms with Crippen molar-refractivity contribution in [3.05, 3.63) is 76.5 Å². The second kappa shape index (κ2) is 11.6. The summed E-state index contributed by atoms with van der Waals surface area (Å²) in [6.45, 7) is 2.67. The van der Waals surface area contributed by atoms with E-state index in [1.807, 2.05) is 43.3 Å². The topological polar surface area (TPSA) is 86.3 Å². The van der Waals surface area contributed by atoms with Crippen LogP contribution in [0.1, 0.15) is 34.5 Å². The Morgan fingerprint density at radius 2 is 1.68 bits per heavy atom. The second-order valence-corrected chi connectivity index (χ2v) is 8.00. The predicted octanol–water partition coefficient (Wildman–Crippen LogP) is 3.38. The first-order valence-corrected chi connectivity index (χ1v) is 11.1. The number of esters is 2. The lowest BCUT2D eigenvalue weighted by Gasteiger charge is -2.35.